The molecular weight excluding hydrogens is 259 g/mol. The van der Waals surface area contributed by atoms with Crippen LogP contribution in [0.5, 0.6) is 0 Å². The molecule has 1 atom stereocenters. The Kier molecular flexibility index (Phi) is 2.34. The molecule has 18 heavy (non-hydrogen) atoms. The van der Waals surface area contributed by atoms with E-state index in [1.54, 1.807) is 6.07 Å². The molecule has 2 heterocycles. The fourth-order valence-electron chi connectivity index (χ4n) is 2.46. The van der Waals surface area contributed by atoms with Gasteiger partial charge in [-0.25, -0.2) is 17.6 Å². The van der Waals surface area contributed by atoms with E-state index in [0.717, 1.165) is 0 Å². The number of nitrogens with zero attached hydrogens (tertiary/aromatic N) is 1. The highest BCUT2D eigenvalue weighted by Crippen LogP contribution is 2.26. The van der Waals surface area contributed by atoms with Gasteiger partial charge in [0.2, 0.25) is 0 Å². The van der Waals surface area contributed by atoms with Gasteiger partial charge in [-0.05, 0) is 18.6 Å². The molecule has 7 heteroatoms. The van der Waals surface area contributed by atoms with Crippen LogP contribution in [0.2, 0.25) is 0 Å². The van der Waals surface area contributed by atoms with Crippen LogP contribution >= 0.6 is 0 Å². The lowest BCUT2D eigenvalue weighted by atomic mass is 10.2. The molecule has 0 radical (unpaired) electrons. The Labute approximate surface area is 102 Å². The van der Waals surface area contributed by atoms with Crippen molar-refractivity contribution < 1.29 is 12.8 Å². The largest absolute Gasteiger partial charge is 0.326 e. The maximum Gasteiger partial charge on any atom is 0.326 e. The number of halogens is 1. The minimum absolute atomic E-state index is 0.0592. The molecule has 1 aromatic carbocycles. The molecule has 5 nitrogen and oxygen atoms in total. The SMILES string of the molecule is O=c1[nH]c2c(F)cccc2n1C1CCS(=O)(=O)C1. The summed E-state index contributed by atoms with van der Waals surface area (Å²) in [5.74, 6) is -0.494. The second-order valence-electron chi connectivity index (χ2n) is 4.49. The molecule has 1 saturated heterocycles. The molecule has 0 amide bonds. The molecule has 1 aliphatic heterocycles. The van der Waals surface area contributed by atoms with Crippen molar-refractivity contribution in [2.45, 2.75) is 12.5 Å². The monoisotopic (exact) mass is 270 g/mol. The first kappa shape index (κ1) is 11.5. The van der Waals surface area contributed by atoms with Gasteiger partial charge in [-0.1, -0.05) is 6.07 Å². The van der Waals surface area contributed by atoms with Crippen LogP contribution in [0.4, 0.5) is 4.39 Å². The Morgan fingerprint density at radius 2 is 2.17 bits per heavy atom. The zero-order valence-corrected chi connectivity index (χ0v) is 10.2. The molecule has 0 saturated carbocycles. The number of imidazole rings is 1. The summed E-state index contributed by atoms with van der Waals surface area (Å²) in [7, 11) is -3.08. The number of hydrogen-bond donors (Lipinski definition) is 1. The van der Waals surface area contributed by atoms with Crippen molar-refractivity contribution >= 4 is 20.9 Å². The van der Waals surface area contributed by atoms with Crippen molar-refractivity contribution in [2.75, 3.05) is 11.5 Å². The second kappa shape index (κ2) is 3.68. The summed E-state index contributed by atoms with van der Waals surface area (Å²) in [6, 6.07) is 3.97. The van der Waals surface area contributed by atoms with Gasteiger partial charge in [-0.15, -0.1) is 0 Å². The number of nitrogens with one attached hydrogen (secondary N) is 1. The Balaban J connectivity index is 2.21. The highest BCUT2D eigenvalue weighted by Gasteiger charge is 2.31. The number of aromatic nitrogens is 2. The minimum atomic E-state index is -3.08. The fourth-order valence-corrected chi connectivity index (χ4v) is 4.16. The van der Waals surface area contributed by atoms with Crippen molar-refractivity contribution in [2.24, 2.45) is 0 Å². The zero-order chi connectivity index (χ0) is 12.9. The molecule has 2 aromatic rings. The van der Waals surface area contributed by atoms with Crippen LogP contribution in [-0.2, 0) is 9.84 Å². The van der Waals surface area contributed by atoms with Crippen LogP contribution in [0, 0.1) is 5.82 Å². The first-order valence-corrected chi connectivity index (χ1v) is 7.39. The van der Waals surface area contributed by atoms with Crippen molar-refractivity contribution in [1.29, 1.82) is 0 Å². The highest BCUT2D eigenvalue weighted by molar-refractivity contribution is 7.91. The Bertz CT molecular complexity index is 775. The van der Waals surface area contributed by atoms with E-state index in [9.17, 15) is 17.6 Å². The molecule has 0 aliphatic carbocycles. The van der Waals surface area contributed by atoms with Gasteiger partial charge in [-0.3, -0.25) is 4.57 Å². The van der Waals surface area contributed by atoms with E-state index in [4.69, 9.17) is 0 Å². The molecule has 1 aromatic heterocycles. The maximum atomic E-state index is 13.5. The molecule has 1 unspecified atom stereocenters. The normalized spacial score (nSPS) is 22.6. The fraction of sp³-hybridized carbons (Fsp3) is 0.364. The number of para-hydroxylation sites is 1. The van der Waals surface area contributed by atoms with E-state index in [1.165, 1.54) is 16.7 Å². The molecule has 96 valence electrons. The number of benzene rings is 1. The van der Waals surface area contributed by atoms with E-state index < -0.39 is 27.4 Å². The summed E-state index contributed by atoms with van der Waals surface area (Å²) in [5.41, 5.74) is 0.0890. The van der Waals surface area contributed by atoms with Crippen LogP contribution in [0.15, 0.2) is 23.0 Å². The first-order chi connectivity index (χ1) is 8.48. The predicted octanol–water partition coefficient (Wildman–Crippen LogP) is 0.828. The molecule has 0 spiro atoms. The lowest BCUT2D eigenvalue weighted by Gasteiger charge is -2.09. The van der Waals surface area contributed by atoms with E-state index in [1.807, 2.05) is 0 Å². The summed E-state index contributed by atoms with van der Waals surface area (Å²) in [6.07, 6.45) is 0.395. The summed E-state index contributed by atoms with van der Waals surface area (Å²) < 4.78 is 37.8. The van der Waals surface area contributed by atoms with Gasteiger partial charge >= 0.3 is 5.69 Å². The van der Waals surface area contributed by atoms with E-state index >= 15 is 0 Å². The quantitative estimate of drug-likeness (QED) is 0.834. The lowest BCUT2D eigenvalue weighted by molar-refractivity contribution is 0.554. The topological polar surface area (TPSA) is 71.9 Å². The summed E-state index contributed by atoms with van der Waals surface area (Å²) in [5, 5.41) is 0. The smallest absolute Gasteiger partial charge is 0.303 e. The molecular formula is C11H11FN2O3S. The second-order valence-corrected chi connectivity index (χ2v) is 6.72. The van der Waals surface area contributed by atoms with E-state index in [2.05, 4.69) is 4.98 Å². The van der Waals surface area contributed by atoms with Gasteiger partial charge in [0.15, 0.2) is 9.84 Å². The molecule has 1 fully saturated rings. The van der Waals surface area contributed by atoms with Crippen molar-refractivity contribution in [1.82, 2.24) is 9.55 Å². The minimum Gasteiger partial charge on any atom is -0.303 e. The maximum absolute atomic E-state index is 13.5. The average molecular weight is 270 g/mol. The zero-order valence-electron chi connectivity index (χ0n) is 9.39. The van der Waals surface area contributed by atoms with Crippen molar-refractivity contribution in [3.05, 3.63) is 34.5 Å². The van der Waals surface area contributed by atoms with Gasteiger partial charge < -0.3 is 4.98 Å². The number of fused-ring (bicyclic) bond motifs is 1. The van der Waals surface area contributed by atoms with Gasteiger partial charge in [0.1, 0.15) is 11.3 Å². The Morgan fingerprint density at radius 1 is 1.39 bits per heavy atom. The summed E-state index contributed by atoms with van der Waals surface area (Å²) in [4.78, 5) is 14.3. The molecule has 0 bridgehead atoms. The van der Waals surface area contributed by atoms with Crippen LogP contribution in [0.3, 0.4) is 0 Å². The average Bonchev–Trinajstić information content (AvgIpc) is 2.79. The Morgan fingerprint density at radius 3 is 2.83 bits per heavy atom. The highest BCUT2D eigenvalue weighted by atomic mass is 32.2. The van der Waals surface area contributed by atoms with Crippen LogP contribution < -0.4 is 5.69 Å². The van der Waals surface area contributed by atoms with Crippen LogP contribution in [-0.4, -0.2) is 29.5 Å². The predicted molar refractivity (Wildman–Crippen MR) is 64.8 cm³/mol. The number of aromatic amines is 1. The third kappa shape index (κ3) is 1.66. The molecule has 1 N–H and O–H groups in total. The first-order valence-electron chi connectivity index (χ1n) is 5.57. The number of H-pyrrole nitrogens is 1. The third-order valence-electron chi connectivity index (χ3n) is 3.28. The van der Waals surface area contributed by atoms with E-state index in [-0.39, 0.29) is 17.0 Å². The summed E-state index contributed by atoms with van der Waals surface area (Å²) >= 11 is 0. The number of rotatable bonds is 1. The number of hydrogen-bond acceptors (Lipinski definition) is 3. The Hall–Kier alpha value is -1.63. The lowest BCUT2D eigenvalue weighted by Crippen LogP contribution is -2.23. The number of sulfone groups is 1. The van der Waals surface area contributed by atoms with Gasteiger partial charge in [0.05, 0.1) is 23.1 Å². The summed E-state index contributed by atoms with van der Waals surface area (Å²) in [6.45, 7) is 0. The van der Waals surface area contributed by atoms with Crippen molar-refractivity contribution in [3.8, 4) is 0 Å². The van der Waals surface area contributed by atoms with Crippen LogP contribution in [0.1, 0.15) is 12.5 Å². The van der Waals surface area contributed by atoms with Gasteiger partial charge in [0, 0.05) is 0 Å². The third-order valence-corrected chi connectivity index (χ3v) is 5.03. The van der Waals surface area contributed by atoms with Gasteiger partial charge in [-0.2, -0.15) is 0 Å². The molecule has 3 rings (SSSR count). The van der Waals surface area contributed by atoms with Crippen LogP contribution in [0.25, 0.3) is 11.0 Å². The van der Waals surface area contributed by atoms with Gasteiger partial charge in [0.25, 0.3) is 0 Å². The standard InChI is InChI=1S/C11H11FN2O3S/c12-8-2-1-3-9-10(8)13-11(15)14(9)7-4-5-18(16,17)6-7/h1-3,7H,4-6H2,(H,13,15). The van der Waals surface area contributed by atoms with Crippen molar-refractivity contribution in [3.63, 3.8) is 0 Å². The van der Waals surface area contributed by atoms with E-state index in [0.29, 0.717) is 11.9 Å². The molecule has 1 aliphatic rings.